The van der Waals surface area contributed by atoms with Gasteiger partial charge in [0, 0.05) is 11.3 Å². The quantitative estimate of drug-likeness (QED) is 0.479. The van der Waals surface area contributed by atoms with Crippen molar-refractivity contribution in [2.75, 3.05) is 19.9 Å². The summed E-state index contributed by atoms with van der Waals surface area (Å²) in [7, 11) is 0. The molecular weight excluding hydrogens is 339 g/mol. The molecule has 148 valence electrons. The Hall–Kier alpha value is -2.03. The van der Waals surface area contributed by atoms with Gasteiger partial charge in [0.2, 0.25) is 0 Å². The number of hydrogen-bond donors (Lipinski definition) is 0. The highest BCUT2D eigenvalue weighted by Gasteiger charge is 2.23. The van der Waals surface area contributed by atoms with Crippen molar-refractivity contribution < 1.29 is 13.9 Å². The Bertz CT molecular complexity index is 617. The highest BCUT2D eigenvalue weighted by atomic mass is 19.1. The molecule has 0 saturated carbocycles. The van der Waals surface area contributed by atoms with E-state index in [1.54, 1.807) is 0 Å². The van der Waals surface area contributed by atoms with Gasteiger partial charge < -0.3 is 9.47 Å². The number of hydrogen-bond acceptors (Lipinski definition) is 2. The molecule has 2 nitrogen and oxygen atoms in total. The van der Waals surface area contributed by atoms with Crippen LogP contribution in [-0.2, 0) is 5.41 Å². The van der Waals surface area contributed by atoms with Crippen LogP contribution in [0.3, 0.4) is 0 Å². The minimum absolute atomic E-state index is 0.0813. The summed E-state index contributed by atoms with van der Waals surface area (Å²) in [6.45, 7) is 11.4. The maximum Gasteiger partial charge on any atom is 0.119 e. The van der Waals surface area contributed by atoms with Crippen LogP contribution in [0.5, 0.6) is 11.5 Å². The zero-order valence-corrected chi connectivity index (χ0v) is 17.3. The molecule has 0 aliphatic carbocycles. The fourth-order valence-corrected chi connectivity index (χ4v) is 2.74. The lowest BCUT2D eigenvalue weighted by Crippen LogP contribution is -2.19. The Morgan fingerprint density at radius 1 is 0.778 bits per heavy atom. The monoisotopic (exact) mass is 372 g/mol. The molecule has 0 radical (unpaired) electrons. The van der Waals surface area contributed by atoms with Crippen LogP contribution in [0.2, 0.25) is 0 Å². The Labute approximate surface area is 163 Å². The standard InChI is InChI=1S/C24H33FO2/c1-6-18(2)16-26-22-11-7-20(8-12-22)24(4,5)21-9-13-23(14-10-21)27-17-19(3)15-25/h7-14,18-19H,6,15-17H2,1-5H3. The van der Waals surface area contributed by atoms with Crippen LogP contribution in [0.25, 0.3) is 0 Å². The molecule has 0 aliphatic rings. The average Bonchev–Trinajstić information content (AvgIpc) is 2.70. The summed E-state index contributed by atoms with van der Waals surface area (Å²) in [6, 6.07) is 16.5. The second-order valence-corrected chi connectivity index (χ2v) is 8.07. The maximum absolute atomic E-state index is 12.5. The van der Waals surface area contributed by atoms with Gasteiger partial charge in [0.25, 0.3) is 0 Å². The third kappa shape index (κ3) is 5.98. The van der Waals surface area contributed by atoms with E-state index in [1.807, 2.05) is 19.1 Å². The molecule has 0 saturated heterocycles. The van der Waals surface area contributed by atoms with E-state index >= 15 is 0 Å². The molecule has 0 aromatic heterocycles. The largest absolute Gasteiger partial charge is 0.493 e. The van der Waals surface area contributed by atoms with E-state index in [4.69, 9.17) is 9.47 Å². The minimum Gasteiger partial charge on any atom is -0.493 e. The summed E-state index contributed by atoms with van der Waals surface area (Å²) in [5, 5.41) is 0. The van der Waals surface area contributed by atoms with E-state index in [0.717, 1.165) is 24.5 Å². The SMILES string of the molecule is CCC(C)COc1ccc(C(C)(C)c2ccc(OCC(C)CF)cc2)cc1. The van der Waals surface area contributed by atoms with E-state index in [-0.39, 0.29) is 18.0 Å². The van der Waals surface area contributed by atoms with Crippen molar-refractivity contribution in [3.8, 4) is 11.5 Å². The van der Waals surface area contributed by atoms with Gasteiger partial charge >= 0.3 is 0 Å². The smallest absolute Gasteiger partial charge is 0.119 e. The summed E-state index contributed by atoms with van der Waals surface area (Å²) in [4.78, 5) is 0. The van der Waals surface area contributed by atoms with Crippen molar-refractivity contribution >= 4 is 0 Å². The summed E-state index contributed by atoms with van der Waals surface area (Å²) >= 11 is 0. The molecule has 0 spiro atoms. The lowest BCUT2D eigenvalue weighted by atomic mass is 9.78. The first kappa shape index (κ1) is 21.3. The molecule has 0 heterocycles. The van der Waals surface area contributed by atoms with E-state index in [0.29, 0.717) is 12.5 Å². The van der Waals surface area contributed by atoms with Crippen LogP contribution in [0.1, 0.15) is 52.2 Å². The van der Waals surface area contributed by atoms with Gasteiger partial charge in [-0.15, -0.1) is 0 Å². The van der Waals surface area contributed by atoms with Crippen molar-refractivity contribution in [3.05, 3.63) is 59.7 Å². The molecular formula is C24H33FO2. The van der Waals surface area contributed by atoms with Gasteiger partial charge in [0.05, 0.1) is 19.9 Å². The molecule has 0 fully saturated rings. The van der Waals surface area contributed by atoms with Gasteiger partial charge in [-0.3, -0.25) is 4.39 Å². The first-order valence-corrected chi connectivity index (χ1v) is 9.89. The molecule has 2 aromatic carbocycles. The van der Waals surface area contributed by atoms with Crippen molar-refractivity contribution in [1.29, 1.82) is 0 Å². The second kappa shape index (κ2) is 9.77. The third-order valence-electron chi connectivity index (χ3n) is 5.18. The normalized spacial score (nSPS) is 13.9. The molecule has 0 amide bonds. The van der Waals surface area contributed by atoms with Crippen LogP contribution in [0.15, 0.2) is 48.5 Å². The van der Waals surface area contributed by atoms with E-state index < -0.39 is 0 Å². The summed E-state index contributed by atoms with van der Waals surface area (Å²) in [5.41, 5.74) is 2.32. The Balaban J connectivity index is 2.04. The Morgan fingerprint density at radius 2 is 1.19 bits per heavy atom. The minimum atomic E-state index is -0.359. The van der Waals surface area contributed by atoms with Crippen molar-refractivity contribution in [2.45, 2.75) is 46.5 Å². The predicted molar refractivity (Wildman–Crippen MR) is 111 cm³/mol. The molecule has 2 atom stereocenters. The first-order chi connectivity index (χ1) is 12.9. The highest BCUT2D eigenvalue weighted by molar-refractivity contribution is 5.41. The fourth-order valence-electron chi connectivity index (χ4n) is 2.74. The average molecular weight is 373 g/mol. The van der Waals surface area contributed by atoms with Gasteiger partial charge in [0.15, 0.2) is 0 Å². The van der Waals surface area contributed by atoms with Gasteiger partial charge in [-0.05, 0) is 41.3 Å². The van der Waals surface area contributed by atoms with Crippen LogP contribution in [0.4, 0.5) is 4.39 Å². The first-order valence-electron chi connectivity index (χ1n) is 9.89. The number of alkyl halides is 1. The topological polar surface area (TPSA) is 18.5 Å². The molecule has 0 N–H and O–H groups in total. The van der Waals surface area contributed by atoms with Crippen LogP contribution in [0, 0.1) is 11.8 Å². The second-order valence-electron chi connectivity index (χ2n) is 8.07. The fraction of sp³-hybridized carbons (Fsp3) is 0.500. The molecule has 3 heteroatoms. The molecule has 27 heavy (non-hydrogen) atoms. The van der Waals surface area contributed by atoms with Gasteiger partial charge in [0.1, 0.15) is 11.5 Å². The van der Waals surface area contributed by atoms with Gasteiger partial charge in [-0.25, -0.2) is 0 Å². The molecule has 2 aromatic rings. The number of benzene rings is 2. The zero-order chi connectivity index (χ0) is 19.9. The van der Waals surface area contributed by atoms with Crippen LogP contribution >= 0.6 is 0 Å². The number of ether oxygens (including phenoxy) is 2. The van der Waals surface area contributed by atoms with Gasteiger partial charge in [-0.1, -0.05) is 65.3 Å². The number of rotatable bonds is 10. The molecule has 2 unspecified atom stereocenters. The van der Waals surface area contributed by atoms with Crippen LogP contribution < -0.4 is 9.47 Å². The molecule has 0 aliphatic heterocycles. The van der Waals surface area contributed by atoms with Crippen LogP contribution in [-0.4, -0.2) is 19.9 Å². The summed E-state index contributed by atoms with van der Waals surface area (Å²) in [6.07, 6.45) is 1.12. The summed E-state index contributed by atoms with van der Waals surface area (Å²) in [5.74, 6) is 2.18. The Morgan fingerprint density at radius 3 is 1.56 bits per heavy atom. The predicted octanol–water partition coefficient (Wildman–Crippen LogP) is 6.42. The van der Waals surface area contributed by atoms with Crippen molar-refractivity contribution in [3.63, 3.8) is 0 Å². The van der Waals surface area contributed by atoms with E-state index in [2.05, 4.69) is 64.1 Å². The van der Waals surface area contributed by atoms with Crippen molar-refractivity contribution in [1.82, 2.24) is 0 Å². The zero-order valence-electron chi connectivity index (χ0n) is 17.3. The van der Waals surface area contributed by atoms with E-state index in [1.165, 1.54) is 11.1 Å². The molecule has 2 rings (SSSR count). The Kier molecular flexibility index (Phi) is 7.70. The van der Waals surface area contributed by atoms with Crippen molar-refractivity contribution in [2.24, 2.45) is 11.8 Å². The third-order valence-corrected chi connectivity index (χ3v) is 5.18. The van der Waals surface area contributed by atoms with Gasteiger partial charge in [-0.2, -0.15) is 0 Å². The maximum atomic E-state index is 12.5. The lowest BCUT2D eigenvalue weighted by Gasteiger charge is -2.26. The lowest BCUT2D eigenvalue weighted by molar-refractivity contribution is 0.229. The summed E-state index contributed by atoms with van der Waals surface area (Å²) < 4.78 is 24.0. The van der Waals surface area contributed by atoms with E-state index in [9.17, 15) is 4.39 Å². The number of halogens is 1. The highest BCUT2D eigenvalue weighted by Crippen LogP contribution is 2.33. The molecule has 0 bridgehead atoms.